The molecule has 5 heteroatoms. The lowest BCUT2D eigenvalue weighted by molar-refractivity contribution is 0.405. The highest BCUT2D eigenvalue weighted by Gasteiger charge is 2.31. The second-order valence-corrected chi connectivity index (χ2v) is 6.56. The molecule has 3 aliphatic rings. The number of nitrogens with zero attached hydrogens (tertiary/aromatic N) is 2. The van der Waals surface area contributed by atoms with Crippen molar-refractivity contribution in [1.82, 2.24) is 10.3 Å². The van der Waals surface area contributed by atoms with E-state index in [1.165, 1.54) is 12.8 Å². The van der Waals surface area contributed by atoms with Crippen LogP contribution in [0.2, 0.25) is 0 Å². The van der Waals surface area contributed by atoms with Gasteiger partial charge in [-0.3, -0.25) is 4.98 Å². The Bertz CT molecular complexity index is 685. The van der Waals surface area contributed by atoms with Crippen molar-refractivity contribution in [1.29, 1.82) is 0 Å². The number of methoxy groups -OCH3 is 1. The van der Waals surface area contributed by atoms with Gasteiger partial charge in [-0.05, 0) is 49.6 Å². The van der Waals surface area contributed by atoms with Crippen molar-refractivity contribution >= 4 is 5.69 Å². The zero-order chi connectivity index (χ0) is 16.4. The molecule has 24 heavy (non-hydrogen) atoms. The van der Waals surface area contributed by atoms with E-state index in [1.807, 2.05) is 30.5 Å². The van der Waals surface area contributed by atoms with Gasteiger partial charge in [-0.15, -0.1) is 0 Å². The zero-order valence-corrected chi connectivity index (χ0v) is 13.9. The Kier molecular flexibility index (Phi) is 4.26. The number of benzene rings is 1. The zero-order valence-electron chi connectivity index (χ0n) is 13.9. The molecule has 1 aromatic heterocycles. The van der Waals surface area contributed by atoms with Crippen LogP contribution in [0.25, 0.3) is 0 Å². The van der Waals surface area contributed by atoms with Gasteiger partial charge >= 0.3 is 0 Å². The number of nitrogens with one attached hydrogen (secondary N) is 1. The summed E-state index contributed by atoms with van der Waals surface area (Å²) in [6.45, 7) is 3.29. The normalized spacial score (nSPS) is 23.0. The molecule has 3 fully saturated rings. The van der Waals surface area contributed by atoms with Crippen LogP contribution in [0.1, 0.15) is 12.8 Å². The largest absolute Gasteiger partial charge is 0.497 e. The van der Waals surface area contributed by atoms with Crippen molar-refractivity contribution in [3.05, 3.63) is 42.7 Å². The van der Waals surface area contributed by atoms with Crippen LogP contribution in [0.3, 0.4) is 0 Å². The Morgan fingerprint density at radius 2 is 1.88 bits per heavy atom. The maximum absolute atomic E-state index is 5.96. The molecule has 2 atom stereocenters. The fourth-order valence-corrected chi connectivity index (χ4v) is 3.65. The number of ether oxygens (including phenoxy) is 2. The van der Waals surface area contributed by atoms with Crippen LogP contribution in [-0.2, 0) is 0 Å². The quantitative estimate of drug-likeness (QED) is 0.936. The Hall–Kier alpha value is -2.27. The molecule has 0 spiro atoms. The van der Waals surface area contributed by atoms with E-state index >= 15 is 0 Å². The van der Waals surface area contributed by atoms with E-state index in [-0.39, 0.29) is 0 Å². The highest BCUT2D eigenvalue weighted by Crippen LogP contribution is 2.32. The van der Waals surface area contributed by atoms with Gasteiger partial charge < -0.3 is 19.7 Å². The molecule has 2 bridgehead atoms. The van der Waals surface area contributed by atoms with Gasteiger partial charge in [0.25, 0.3) is 0 Å². The molecule has 1 N–H and O–H groups in total. The fourth-order valence-electron chi connectivity index (χ4n) is 3.65. The summed E-state index contributed by atoms with van der Waals surface area (Å²) in [7, 11) is 1.66. The topological polar surface area (TPSA) is 46.6 Å². The molecular weight excluding hydrogens is 302 g/mol. The van der Waals surface area contributed by atoms with Crippen molar-refractivity contribution in [2.75, 3.05) is 31.6 Å². The summed E-state index contributed by atoms with van der Waals surface area (Å²) in [4.78, 5) is 6.88. The van der Waals surface area contributed by atoms with Crippen LogP contribution in [0.5, 0.6) is 17.2 Å². The highest BCUT2D eigenvalue weighted by atomic mass is 16.5. The lowest BCUT2D eigenvalue weighted by Crippen LogP contribution is -2.43. The molecular formula is C19H23N3O2. The number of anilines is 1. The summed E-state index contributed by atoms with van der Waals surface area (Å²) >= 11 is 0. The average Bonchev–Trinajstić information content (AvgIpc) is 2.98. The van der Waals surface area contributed by atoms with Gasteiger partial charge in [0.2, 0.25) is 0 Å². The molecule has 0 saturated carbocycles. The number of rotatable bonds is 4. The van der Waals surface area contributed by atoms with E-state index < -0.39 is 0 Å². The molecule has 126 valence electrons. The van der Waals surface area contributed by atoms with Crippen molar-refractivity contribution < 1.29 is 9.47 Å². The molecule has 4 heterocycles. The second kappa shape index (κ2) is 6.69. The maximum atomic E-state index is 5.96. The van der Waals surface area contributed by atoms with Crippen molar-refractivity contribution in [2.24, 2.45) is 5.92 Å². The third kappa shape index (κ3) is 3.17. The minimum Gasteiger partial charge on any atom is -0.497 e. The Balaban J connectivity index is 1.52. The van der Waals surface area contributed by atoms with E-state index in [9.17, 15) is 0 Å². The Labute approximate surface area is 142 Å². The first-order valence-electron chi connectivity index (χ1n) is 8.56. The second-order valence-electron chi connectivity index (χ2n) is 6.56. The van der Waals surface area contributed by atoms with Gasteiger partial charge in [-0.2, -0.15) is 0 Å². The number of aromatic nitrogens is 1. The fraction of sp³-hybridized carbons (Fsp3) is 0.421. The summed E-state index contributed by atoms with van der Waals surface area (Å²) < 4.78 is 11.1. The smallest absolute Gasteiger partial charge is 0.147 e. The highest BCUT2D eigenvalue weighted by molar-refractivity contribution is 5.51. The van der Waals surface area contributed by atoms with Crippen LogP contribution in [0.15, 0.2) is 42.7 Å². The minimum atomic E-state index is 0.557. The van der Waals surface area contributed by atoms with Crippen LogP contribution in [-0.4, -0.2) is 37.8 Å². The number of hydrogen-bond donors (Lipinski definition) is 1. The Morgan fingerprint density at radius 3 is 2.71 bits per heavy atom. The van der Waals surface area contributed by atoms with Crippen molar-refractivity contribution in [3.63, 3.8) is 0 Å². The van der Waals surface area contributed by atoms with E-state index in [0.29, 0.717) is 6.04 Å². The molecule has 3 aliphatic heterocycles. The van der Waals surface area contributed by atoms with Gasteiger partial charge in [0, 0.05) is 25.2 Å². The number of piperidine rings is 1. The summed E-state index contributed by atoms with van der Waals surface area (Å²) in [5, 5.41) is 3.57. The standard InChI is InChI=1S/C19H23N3O2/c1-23-17-4-6-18(7-5-17)24-19-8-16(11-21-12-19)22-13-14-2-3-15(22)10-20-9-14/h4-8,11-12,14-15,20H,2-3,9-10,13H2,1H3. The van der Waals surface area contributed by atoms with Crippen LogP contribution >= 0.6 is 0 Å². The predicted octanol–water partition coefficient (Wildman–Crippen LogP) is 3.07. The Morgan fingerprint density at radius 1 is 1.04 bits per heavy atom. The van der Waals surface area contributed by atoms with Gasteiger partial charge in [0.15, 0.2) is 0 Å². The van der Waals surface area contributed by atoms with Crippen molar-refractivity contribution in [3.8, 4) is 17.2 Å². The average molecular weight is 325 g/mol. The van der Waals surface area contributed by atoms with Crippen LogP contribution < -0.4 is 19.7 Å². The lowest BCUT2D eigenvalue weighted by Gasteiger charge is -2.37. The predicted molar refractivity (Wildman–Crippen MR) is 94.0 cm³/mol. The lowest BCUT2D eigenvalue weighted by atomic mass is 9.94. The van der Waals surface area contributed by atoms with Crippen molar-refractivity contribution in [2.45, 2.75) is 18.9 Å². The molecule has 0 radical (unpaired) electrons. The maximum Gasteiger partial charge on any atom is 0.147 e. The van der Waals surface area contributed by atoms with Gasteiger partial charge in [0.1, 0.15) is 17.2 Å². The SMILES string of the molecule is COc1ccc(Oc2cncc(N3CC4CCC3CNC4)c2)cc1. The molecule has 0 amide bonds. The molecule has 1 aromatic carbocycles. The van der Waals surface area contributed by atoms with Gasteiger partial charge in [-0.1, -0.05) is 0 Å². The first-order valence-corrected chi connectivity index (χ1v) is 8.56. The molecule has 3 saturated heterocycles. The third-order valence-corrected chi connectivity index (χ3v) is 4.94. The minimum absolute atomic E-state index is 0.557. The first-order chi connectivity index (χ1) is 11.8. The summed E-state index contributed by atoms with van der Waals surface area (Å²) in [6.07, 6.45) is 6.29. The monoisotopic (exact) mass is 325 g/mol. The van der Waals surface area contributed by atoms with E-state index in [1.54, 1.807) is 13.3 Å². The molecule has 2 unspecified atom stereocenters. The molecule has 5 nitrogen and oxygen atoms in total. The van der Waals surface area contributed by atoms with Crippen LogP contribution in [0.4, 0.5) is 5.69 Å². The van der Waals surface area contributed by atoms with E-state index in [0.717, 1.165) is 48.5 Å². The van der Waals surface area contributed by atoms with Gasteiger partial charge in [0.05, 0.1) is 25.2 Å². The molecule has 5 rings (SSSR count). The third-order valence-electron chi connectivity index (χ3n) is 4.94. The first kappa shape index (κ1) is 15.3. The van der Waals surface area contributed by atoms with E-state index in [2.05, 4.69) is 21.3 Å². The number of fused-ring (bicyclic) bond motifs is 4. The van der Waals surface area contributed by atoms with Crippen LogP contribution in [0, 0.1) is 5.92 Å². The molecule has 0 aliphatic carbocycles. The molecule has 2 aromatic rings. The summed E-state index contributed by atoms with van der Waals surface area (Å²) in [6, 6.07) is 10.3. The number of hydrogen-bond acceptors (Lipinski definition) is 5. The number of pyridine rings is 1. The summed E-state index contributed by atoms with van der Waals surface area (Å²) in [5.74, 6) is 3.11. The summed E-state index contributed by atoms with van der Waals surface area (Å²) in [5.41, 5.74) is 1.15. The van der Waals surface area contributed by atoms with E-state index in [4.69, 9.17) is 9.47 Å². The van der Waals surface area contributed by atoms with Gasteiger partial charge in [-0.25, -0.2) is 0 Å².